The molecule has 0 bridgehead atoms. The van der Waals surface area contributed by atoms with Crippen molar-refractivity contribution in [3.05, 3.63) is 178 Å². The fourth-order valence-electron chi connectivity index (χ4n) is 7.49. The van der Waals surface area contributed by atoms with E-state index < -0.39 is 59.4 Å². The van der Waals surface area contributed by atoms with Crippen LogP contribution >= 0.6 is 0 Å². The molecule has 0 saturated carbocycles. The number of benzene rings is 5. The normalized spacial score (nSPS) is 11.7. The molecule has 51 heavy (non-hydrogen) atoms. The van der Waals surface area contributed by atoms with Gasteiger partial charge >= 0.3 is 23.9 Å². The summed E-state index contributed by atoms with van der Waals surface area (Å²) >= 11 is 0. The van der Waals surface area contributed by atoms with Crippen molar-refractivity contribution in [2.75, 3.05) is 0 Å². The molecule has 0 amide bonds. The monoisotopic (exact) mass is 681 g/mol. The van der Waals surface area contributed by atoms with E-state index in [9.17, 15) is 44.9 Å². The van der Waals surface area contributed by atoms with Gasteiger partial charge in [0, 0.05) is 12.8 Å². The number of carboxylic acid groups (broad SMARTS) is 4. The van der Waals surface area contributed by atoms with Gasteiger partial charge in [0.25, 0.3) is 0 Å². The Morgan fingerprint density at radius 3 is 1.20 bits per heavy atom. The number of nitrogens with zero attached hydrogens (tertiary/aromatic N) is 1. The third kappa shape index (κ3) is 6.47. The van der Waals surface area contributed by atoms with Crippen molar-refractivity contribution in [1.82, 2.24) is 0 Å². The van der Waals surface area contributed by atoms with Crippen molar-refractivity contribution in [3.8, 4) is 6.07 Å². The number of rotatable bonds is 15. The van der Waals surface area contributed by atoms with E-state index in [2.05, 4.69) is 6.07 Å². The van der Waals surface area contributed by atoms with Crippen LogP contribution < -0.4 is 0 Å². The Kier molecular flexibility index (Phi) is 10.5. The van der Waals surface area contributed by atoms with Crippen molar-refractivity contribution in [3.63, 3.8) is 0 Å². The second kappa shape index (κ2) is 14.9. The first-order valence-corrected chi connectivity index (χ1v) is 16.1. The highest BCUT2D eigenvalue weighted by molar-refractivity contribution is 6.08. The van der Waals surface area contributed by atoms with Crippen molar-refractivity contribution in [2.24, 2.45) is 10.8 Å². The standard InChI is InChI=1S/C42H35NO8/c43-28-33-21-22-35(34(24-33)23-29-13-5-1-6-14-29)42(27-32-19-11-4-12-20-32,40(36(44)45,37(46)47)25-30-15-7-2-8-16-30)41(38(48)49,39(50)51)26-31-17-9-3-10-18-31/h1-22,24H,23,25-27H2,(H,44,45)(H,46,47)(H,48,49)(H,50,51). The van der Waals surface area contributed by atoms with Crippen LogP contribution in [0.1, 0.15) is 38.9 Å². The van der Waals surface area contributed by atoms with E-state index in [0.29, 0.717) is 11.1 Å². The average molecular weight is 682 g/mol. The fraction of sp³-hybridized carbons (Fsp3) is 0.167. The number of nitriles is 1. The van der Waals surface area contributed by atoms with Crippen molar-refractivity contribution in [2.45, 2.75) is 31.1 Å². The van der Waals surface area contributed by atoms with Gasteiger partial charge in [-0.05, 0) is 58.4 Å². The minimum Gasteiger partial charge on any atom is -0.480 e. The molecule has 0 spiro atoms. The molecule has 0 aliphatic carbocycles. The lowest BCUT2D eigenvalue weighted by atomic mass is 9.43. The van der Waals surface area contributed by atoms with Crippen LogP contribution in [0.5, 0.6) is 0 Å². The molecule has 5 rings (SSSR count). The van der Waals surface area contributed by atoms with Gasteiger partial charge in [-0.3, -0.25) is 19.2 Å². The molecule has 4 N–H and O–H groups in total. The second-order valence-electron chi connectivity index (χ2n) is 12.6. The Balaban J connectivity index is 2.09. The molecule has 0 radical (unpaired) electrons. The van der Waals surface area contributed by atoms with E-state index in [4.69, 9.17) is 0 Å². The summed E-state index contributed by atoms with van der Waals surface area (Å²) in [6.45, 7) is 0. The summed E-state index contributed by atoms with van der Waals surface area (Å²) in [5, 5.41) is 55.9. The first kappa shape index (κ1) is 35.8. The van der Waals surface area contributed by atoms with Crippen molar-refractivity contribution >= 4 is 23.9 Å². The summed E-state index contributed by atoms with van der Waals surface area (Å²) in [4.78, 5) is 56.8. The van der Waals surface area contributed by atoms with Gasteiger partial charge in [0.05, 0.1) is 17.0 Å². The zero-order valence-corrected chi connectivity index (χ0v) is 27.5. The van der Waals surface area contributed by atoms with E-state index in [1.54, 1.807) is 97.1 Å². The minimum absolute atomic E-state index is 0.00352. The van der Waals surface area contributed by atoms with Crippen LogP contribution in [-0.4, -0.2) is 44.3 Å². The third-order valence-corrected chi connectivity index (χ3v) is 9.79. The summed E-state index contributed by atoms with van der Waals surface area (Å²) in [6, 6.07) is 39.0. The Bertz CT molecular complexity index is 1970. The van der Waals surface area contributed by atoms with Gasteiger partial charge < -0.3 is 20.4 Å². The van der Waals surface area contributed by atoms with Gasteiger partial charge in [-0.15, -0.1) is 0 Å². The molecule has 0 aromatic heterocycles. The van der Waals surface area contributed by atoms with Gasteiger partial charge in [0.1, 0.15) is 0 Å². The van der Waals surface area contributed by atoms with E-state index >= 15 is 0 Å². The number of aliphatic carboxylic acids is 4. The largest absolute Gasteiger partial charge is 0.480 e. The molecule has 0 atom stereocenters. The van der Waals surface area contributed by atoms with Crippen LogP contribution in [0.15, 0.2) is 140 Å². The van der Waals surface area contributed by atoms with E-state index in [1.807, 2.05) is 0 Å². The maximum Gasteiger partial charge on any atom is 0.322 e. The van der Waals surface area contributed by atoms with E-state index in [0.717, 1.165) is 0 Å². The molecule has 256 valence electrons. The molecule has 9 heteroatoms. The quantitative estimate of drug-likeness (QED) is 0.0909. The Morgan fingerprint density at radius 1 is 0.490 bits per heavy atom. The third-order valence-electron chi connectivity index (χ3n) is 9.79. The Morgan fingerprint density at radius 2 is 0.843 bits per heavy atom. The Labute approximate surface area is 294 Å². The van der Waals surface area contributed by atoms with Gasteiger partial charge in [-0.2, -0.15) is 5.26 Å². The summed E-state index contributed by atoms with van der Waals surface area (Å²) in [5.41, 5.74) is -7.33. The molecular formula is C42H35NO8. The van der Waals surface area contributed by atoms with Gasteiger partial charge in [-0.25, -0.2) is 0 Å². The highest BCUT2D eigenvalue weighted by Gasteiger charge is 2.76. The summed E-state index contributed by atoms with van der Waals surface area (Å²) in [6.07, 6.45) is -2.16. The van der Waals surface area contributed by atoms with Crippen LogP contribution in [0.4, 0.5) is 0 Å². The average Bonchev–Trinajstić information content (AvgIpc) is 3.13. The van der Waals surface area contributed by atoms with Crippen molar-refractivity contribution in [1.29, 1.82) is 5.26 Å². The number of carbonyl (C=O) groups is 4. The molecule has 0 aliphatic heterocycles. The highest BCUT2D eigenvalue weighted by Crippen LogP contribution is 2.60. The summed E-state index contributed by atoms with van der Waals surface area (Å²) in [5.74, 6) is -7.65. The molecule has 0 aliphatic rings. The summed E-state index contributed by atoms with van der Waals surface area (Å²) < 4.78 is 0. The topological polar surface area (TPSA) is 173 Å². The van der Waals surface area contributed by atoms with E-state index in [-0.39, 0.29) is 34.2 Å². The molecule has 5 aromatic carbocycles. The lowest BCUT2D eigenvalue weighted by Crippen LogP contribution is -2.71. The molecule has 0 fully saturated rings. The molecular weight excluding hydrogens is 646 g/mol. The maximum atomic E-state index is 14.2. The van der Waals surface area contributed by atoms with Crippen LogP contribution in [0, 0.1) is 22.2 Å². The molecule has 0 unspecified atom stereocenters. The van der Waals surface area contributed by atoms with Crippen molar-refractivity contribution < 1.29 is 39.6 Å². The van der Waals surface area contributed by atoms with E-state index in [1.165, 1.54) is 42.5 Å². The number of carboxylic acids is 4. The first-order valence-electron chi connectivity index (χ1n) is 16.1. The smallest absolute Gasteiger partial charge is 0.322 e. The second-order valence-corrected chi connectivity index (χ2v) is 12.6. The van der Waals surface area contributed by atoms with Crippen LogP contribution in [0.2, 0.25) is 0 Å². The Hall–Kier alpha value is -6.53. The molecule has 5 aromatic rings. The minimum atomic E-state index is -3.13. The fourth-order valence-corrected chi connectivity index (χ4v) is 7.49. The lowest BCUT2D eigenvalue weighted by molar-refractivity contribution is -0.190. The summed E-state index contributed by atoms with van der Waals surface area (Å²) in [7, 11) is 0. The SMILES string of the molecule is N#Cc1ccc(C(Cc2ccccc2)(C(Cc2ccccc2)(C(=O)O)C(=O)O)C(Cc2ccccc2)(C(=O)O)C(=O)O)c(Cc2ccccc2)c1. The molecule has 0 saturated heterocycles. The van der Waals surface area contributed by atoms with Crippen LogP contribution in [0.25, 0.3) is 0 Å². The van der Waals surface area contributed by atoms with Gasteiger partial charge in [0.15, 0.2) is 10.8 Å². The number of hydrogen-bond donors (Lipinski definition) is 4. The van der Waals surface area contributed by atoms with Crippen LogP contribution in [0.3, 0.4) is 0 Å². The number of hydrogen-bond acceptors (Lipinski definition) is 5. The zero-order chi connectivity index (χ0) is 36.6. The van der Waals surface area contributed by atoms with Gasteiger partial charge in [0.2, 0.25) is 0 Å². The maximum absolute atomic E-state index is 14.2. The molecule has 9 nitrogen and oxygen atoms in total. The predicted molar refractivity (Wildman–Crippen MR) is 188 cm³/mol. The van der Waals surface area contributed by atoms with Gasteiger partial charge in [-0.1, -0.05) is 127 Å². The van der Waals surface area contributed by atoms with Crippen LogP contribution in [-0.2, 0) is 50.3 Å². The first-order chi connectivity index (χ1) is 24.5. The predicted octanol–water partition coefficient (Wildman–Crippen LogP) is 6.43. The molecule has 0 heterocycles. The lowest BCUT2D eigenvalue weighted by Gasteiger charge is -2.54. The highest BCUT2D eigenvalue weighted by atomic mass is 16.4. The zero-order valence-electron chi connectivity index (χ0n) is 27.5.